The van der Waals surface area contributed by atoms with Crippen molar-refractivity contribution in [1.82, 2.24) is 0 Å². The molecule has 0 aliphatic rings. The summed E-state index contributed by atoms with van der Waals surface area (Å²) >= 11 is 0. The lowest BCUT2D eigenvalue weighted by Gasteiger charge is -2.16. The van der Waals surface area contributed by atoms with E-state index in [4.69, 9.17) is 0 Å². The zero-order chi connectivity index (χ0) is 7.65. The molecule has 0 rings (SSSR count). The minimum atomic E-state index is -4.03. The number of alkyl halides is 2. The van der Waals surface area contributed by atoms with Crippen molar-refractivity contribution in [1.29, 1.82) is 0 Å². The zero-order valence-corrected chi connectivity index (χ0v) is 4.80. The van der Waals surface area contributed by atoms with Gasteiger partial charge in [-0.05, 0) is 6.92 Å². The molecule has 0 saturated heterocycles. The van der Waals surface area contributed by atoms with Gasteiger partial charge in [-0.1, -0.05) is 6.92 Å². The van der Waals surface area contributed by atoms with Gasteiger partial charge < -0.3 is 0 Å². The molecule has 0 fully saturated rings. The molecule has 2 radical (unpaired) electrons. The second kappa shape index (κ2) is 2.54. The Labute approximate surface area is 50.9 Å². The van der Waals surface area contributed by atoms with Crippen LogP contribution in [0.3, 0.4) is 0 Å². The first-order valence-corrected chi connectivity index (χ1v) is 2.28. The molecule has 54 valence electrons. The van der Waals surface area contributed by atoms with Gasteiger partial charge in [-0.15, -0.1) is 0 Å². The van der Waals surface area contributed by atoms with E-state index in [1.165, 1.54) is 0 Å². The number of rotatable bonds is 2. The Balaban J connectivity index is 4.01. The van der Waals surface area contributed by atoms with Crippen molar-refractivity contribution >= 4 is 0 Å². The molecule has 0 aromatic heterocycles. The molecule has 1 unspecified atom stereocenters. The fraction of sp³-hybridized carbons (Fsp3) is 0.600. The smallest absolute Gasteiger partial charge is 0.199 e. The van der Waals surface area contributed by atoms with Crippen molar-refractivity contribution in [2.45, 2.75) is 12.8 Å². The van der Waals surface area contributed by atoms with Crippen LogP contribution in [0, 0.1) is 19.3 Å². The third-order valence-electron chi connectivity index (χ3n) is 0.871. The van der Waals surface area contributed by atoms with E-state index in [1.54, 1.807) is 0 Å². The first kappa shape index (κ1) is 8.72. The highest BCUT2D eigenvalue weighted by Crippen LogP contribution is 2.35. The summed E-state index contributed by atoms with van der Waals surface area (Å²) in [6.07, 6.45) is -2.87. The second-order valence-electron chi connectivity index (χ2n) is 1.78. The topological polar surface area (TPSA) is 0 Å². The predicted octanol–water partition coefficient (Wildman–Crippen LogP) is 2.52. The average Bonchev–Trinajstić information content (AvgIpc) is 1.65. The highest BCUT2D eigenvalue weighted by Gasteiger charge is 2.45. The quantitative estimate of drug-likeness (QED) is 0.519. The minimum Gasteiger partial charge on any atom is -0.199 e. The highest BCUT2D eigenvalue weighted by atomic mass is 19.3. The van der Waals surface area contributed by atoms with Gasteiger partial charge >= 0.3 is 12.3 Å². The van der Waals surface area contributed by atoms with Crippen LogP contribution in [0.2, 0.25) is 0 Å². The number of hydrogen-bond acceptors (Lipinski definition) is 0. The van der Waals surface area contributed by atoms with E-state index in [0.717, 1.165) is 6.92 Å². The predicted molar refractivity (Wildman–Crippen MR) is 24.9 cm³/mol. The van der Waals surface area contributed by atoms with Crippen LogP contribution in [0.15, 0.2) is 0 Å². The highest BCUT2D eigenvalue weighted by molar-refractivity contribution is 4.88. The number of halogens is 4. The molecule has 0 nitrogen and oxygen atoms in total. The lowest BCUT2D eigenvalue weighted by Crippen LogP contribution is -2.27. The van der Waals surface area contributed by atoms with E-state index < -0.39 is 18.3 Å². The van der Waals surface area contributed by atoms with Gasteiger partial charge in [-0.25, -0.2) is 0 Å². The molecule has 0 amide bonds. The van der Waals surface area contributed by atoms with Crippen molar-refractivity contribution in [3.63, 3.8) is 0 Å². The molecule has 0 aliphatic heterocycles. The fourth-order valence-electron chi connectivity index (χ4n) is 0.186. The molecule has 0 saturated carbocycles. The molecule has 0 aliphatic carbocycles. The molecule has 0 spiro atoms. The van der Waals surface area contributed by atoms with Crippen molar-refractivity contribution in [3.8, 4) is 0 Å². The summed E-state index contributed by atoms with van der Waals surface area (Å²) < 4.78 is 46.0. The Morgan fingerprint density at radius 1 is 1.44 bits per heavy atom. The van der Waals surface area contributed by atoms with Gasteiger partial charge in [0.1, 0.15) is 0 Å². The van der Waals surface area contributed by atoms with Crippen LogP contribution in [0.1, 0.15) is 6.92 Å². The summed E-state index contributed by atoms with van der Waals surface area (Å²) in [7, 11) is 0. The monoisotopic (exact) mass is 142 g/mol. The largest absolute Gasteiger partial charge is 0.378 e. The van der Waals surface area contributed by atoms with E-state index >= 15 is 0 Å². The van der Waals surface area contributed by atoms with Crippen LogP contribution < -0.4 is 0 Å². The van der Waals surface area contributed by atoms with Gasteiger partial charge in [-0.3, -0.25) is 0 Å². The Hall–Kier alpha value is -0.280. The molecular formula is C5H6F4. The Bertz CT molecular complexity index is 77.0. The standard InChI is InChI=1S/C5H6F4/c1-3(2)5(8,9)4(6)7/h3H,1H2,2H3. The lowest BCUT2D eigenvalue weighted by molar-refractivity contribution is -0.0873. The summed E-state index contributed by atoms with van der Waals surface area (Å²) in [5.41, 5.74) is 0. The molecule has 4 heteroatoms. The van der Waals surface area contributed by atoms with E-state index in [0.29, 0.717) is 0 Å². The third kappa shape index (κ3) is 1.84. The summed E-state index contributed by atoms with van der Waals surface area (Å²) in [4.78, 5) is 0. The molecule has 0 aromatic carbocycles. The van der Waals surface area contributed by atoms with Crippen LogP contribution in [0.4, 0.5) is 17.6 Å². The molecule has 0 heterocycles. The second-order valence-corrected chi connectivity index (χ2v) is 1.78. The maximum atomic E-state index is 11.8. The summed E-state index contributed by atoms with van der Waals surface area (Å²) in [6, 6.07) is 0. The van der Waals surface area contributed by atoms with Crippen molar-refractivity contribution in [3.05, 3.63) is 13.3 Å². The van der Waals surface area contributed by atoms with Crippen LogP contribution in [0.5, 0.6) is 0 Å². The van der Waals surface area contributed by atoms with E-state index in [2.05, 4.69) is 6.92 Å². The van der Waals surface area contributed by atoms with Gasteiger partial charge in [0.05, 0.1) is 0 Å². The van der Waals surface area contributed by atoms with E-state index in [1.807, 2.05) is 0 Å². The van der Waals surface area contributed by atoms with E-state index in [-0.39, 0.29) is 0 Å². The maximum Gasteiger partial charge on any atom is 0.378 e. The van der Waals surface area contributed by atoms with Gasteiger partial charge in [0.2, 0.25) is 0 Å². The Morgan fingerprint density at radius 3 is 1.78 bits per heavy atom. The summed E-state index contributed by atoms with van der Waals surface area (Å²) in [5.74, 6) is -5.61. The maximum absolute atomic E-state index is 11.8. The first-order chi connectivity index (χ1) is 3.89. The van der Waals surface area contributed by atoms with Gasteiger partial charge in [0.25, 0.3) is 0 Å². The van der Waals surface area contributed by atoms with Gasteiger partial charge in [-0.2, -0.15) is 17.6 Å². The van der Waals surface area contributed by atoms with Crippen LogP contribution in [-0.4, -0.2) is 5.92 Å². The third-order valence-corrected chi connectivity index (χ3v) is 0.871. The Morgan fingerprint density at radius 2 is 1.78 bits per heavy atom. The van der Waals surface area contributed by atoms with Crippen LogP contribution in [-0.2, 0) is 0 Å². The van der Waals surface area contributed by atoms with Crippen LogP contribution >= 0.6 is 0 Å². The molecule has 0 N–H and O–H groups in total. The van der Waals surface area contributed by atoms with Gasteiger partial charge in [0, 0.05) is 5.92 Å². The minimum absolute atomic E-state index is 0.930. The van der Waals surface area contributed by atoms with Crippen molar-refractivity contribution in [2.24, 2.45) is 5.92 Å². The molecule has 0 aromatic rings. The fourth-order valence-corrected chi connectivity index (χ4v) is 0.186. The normalized spacial score (nSPS) is 13.3. The van der Waals surface area contributed by atoms with Crippen LogP contribution in [0.25, 0.3) is 0 Å². The lowest BCUT2D eigenvalue weighted by atomic mass is 10.1. The first-order valence-electron chi connectivity index (χ1n) is 2.28. The van der Waals surface area contributed by atoms with Crippen molar-refractivity contribution < 1.29 is 17.6 Å². The zero-order valence-electron chi connectivity index (χ0n) is 4.80. The SMILES string of the molecule is [CH2]C(C)C(F)(F)[C](F)F. The van der Waals surface area contributed by atoms with E-state index in [9.17, 15) is 17.6 Å². The average molecular weight is 142 g/mol. The molecule has 9 heavy (non-hydrogen) atoms. The molecule has 1 atom stereocenters. The Kier molecular flexibility index (Phi) is 2.46. The number of hydrogen-bond donors (Lipinski definition) is 0. The molecular weight excluding hydrogens is 136 g/mol. The van der Waals surface area contributed by atoms with Gasteiger partial charge in [0.15, 0.2) is 0 Å². The summed E-state index contributed by atoms with van der Waals surface area (Å²) in [6.45, 7) is 3.71. The van der Waals surface area contributed by atoms with Crippen molar-refractivity contribution in [2.75, 3.05) is 0 Å². The summed E-state index contributed by atoms with van der Waals surface area (Å²) in [5, 5.41) is 0. The molecule has 0 bridgehead atoms.